The molecule has 11 heteroatoms. The number of thiophene rings is 1. The number of amides is 1. The highest BCUT2D eigenvalue weighted by Crippen LogP contribution is 2.46. The first-order valence-electron chi connectivity index (χ1n) is 11.3. The summed E-state index contributed by atoms with van der Waals surface area (Å²) in [5.74, 6) is -0.643. The fraction of sp³-hybridized carbons (Fsp3) is 0.333. The standard InChI is InChI=1S/C24H27N5O5S/c1-3-34-23(32)18-16(15-9-10-15)13-35-22(18)26-17(30)12-28(2)19-20(25)29(24(33)27-21(19)31)11-14-7-5-4-6-8-14/h4-8,13,15H,3,9-12,25H2,1-2H3,(H,26,30)(H,27,31,33). The Balaban J connectivity index is 1.55. The second-order valence-electron chi connectivity index (χ2n) is 8.36. The zero-order valence-corrected chi connectivity index (χ0v) is 20.3. The van der Waals surface area contributed by atoms with Gasteiger partial charge in [-0.2, -0.15) is 0 Å². The van der Waals surface area contributed by atoms with Crippen LogP contribution >= 0.6 is 11.3 Å². The first-order chi connectivity index (χ1) is 16.8. The highest BCUT2D eigenvalue weighted by Gasteiger charge is 2.32. The lowest BCUT2D eigenvalue weighted by Crippen LogP contribution is -2.39. The number of aromatic amines is 1. The minimum Gasteiger partial charge on any atom is -0.462 e. The van der Waals surface area contributed by atoms with E-state index >= 15 is 0 Å². The lowest BCUT2D eigenvalue weighted by molar-refractivity contribution is -0.114. The van der Waals surface area contributed by atoms with Crippen molar-refractivity contribution < 1.29 is 14.3 Å². The number of nitrogens with one attached hydrogen (secondary N) is 2. The molecule has 0 atom stereocenters. The molecule has 0 unspecified atom stereocenters. The molecule has 4 N–H and O–H groups in total. The Labute approximate surface area is 205 Å². The number of H-pyrrole nitrogens is 1. The summed E-state index contributed by atoms with van der Waals surface area (Å²) in [6.07, 6.45) is 2.00. The number of carbonyl (C=O) groups is 2. The van der Waals surface area contributed by atoms with Crippen LogP contribution in [0.4, 0.5) is 16.5 Å². The zero-order valence-electron chi connectivity index (χ0n) is 19.5. The summed E-state index contributed by atoms with van der Waals surface area (Å²) in [5, 5.41) is 5.07. The molecular weight excluding hydrogens is 470 g/mol. The highest BCUT2D eigenvalue weighted by molar-refractivity contribution is 7.15. The number of nitrogens with zero attached hydrogens (tertiary/aromatic N) is 2. The smallest absolute Gasteiger partial charge is 0.341 e. The number of ether oxygens (including phenoxy) is 1. The molecule has 0 bridgehead atoms. The molecule has 1 saturated carbocycles. The average molecular weight is 498 g/mol. The summed E-state index contributed by atoms with van der Waals surface area (Å²) in [6.45, 7) is 1.90. The van der Waals surface area contributed by atoms with Crippen molar-refractivity contribution in [2.45, 2.75) is 32.2 Å². The maximum absolute atomic E-state index is 12.9. The van der Waals surface area contributed by atoms with E-state index in [9.17, 15) is 19.2 Å². The van der Waals surface area contributed by atoms with Crippen molar-refractivity contribution in [1.82, 2.24) is 9.55 Å². The van der Waals surface area contributed by atoms with E-state index in [4.69, 9.17) is 10.5 Å². The van der Waals surface area contributed by atoms with Gasteiger partial charge in [-0.3, -0.25) is 19.1 Å². The predicted octanol–water partition coefficient (Wildman–Crippen LogP) is 2.36. The van der Waals surface area contributed by atoms with Crippen LogP contribution in [0, 0.1) is 0 Å². The number of anilines is 3. The van der Waals surface area contributed by atoms with Crippen LogP contribution in [0.15, 0.2) is 45.3 Å². The van der Waals surface area contributed by atoms with Crippen molar-refractivity contribution >= 4 is 39.7 Å². The molecule has 1 aliphatic rings. The highest BCUT2D eigenvalue weighted by atomic mass is 32.1. The summed E-state index contributed by atoms with van der Waals surface area (Å²) >= 11 is 1.27. The number of rotatable bonds is 9. The van der Waals surface area contributed by atoms with Gasteiger partial charge in [0.25, 0.3) is 5.56 Å². The molecule has 0 spiro atoms. The first-order valence-corrected chi connectivity index (χ1v) is 12.1. The van der Waals surface area contributed by atoms with Crippen molar-refractivity contribution in [3.63, 3.8) is 0 Å². The van der Waals surface area contributed by atoms with Crippen LogP contribution in [0.25, 0.3) is 0 Å². The molecule has 1 fully saturated rings. The van der Waals surface area contributed by atoms with E-state index < -0.39 is 23.1 Å². The van der Waals surface area contributed by atoms with Crippen molar-refractivity contribution in [3.05, 3.63) is 73.2 Å². The topological polar surface area (TPSA) is 140 Å². The molecular formula is C24H27N5O5S. The number of benzene rings is 1. The predicted molar refractivity (Wildman–Crippen MR) is 135 cm³/mol. The molecule has 3 aromatic rings. The number of likely N-dealkylation sites (N-methyl/N-ethyl adjacent to an activating group) is 1. The second kappa shape index (κ2) is 10.2. The third-order valence-electron chi connectivity index (χ3n) is 5.73. The summed E-state index contributed by atoms with van der Waals surface area (Å²) in [6, 6.07) is 9.21. The van der Waals surface area contributed by atoms with E-state index in [0.29, 0.717) is 16.5 Å². The summed E-state index contributed by atoms with van der Waals surface area (Å²) in [7, 11) is 1.54. The van der Waals surface area contributed by atoms with Crippen LogP contribution in [0.3, 0.4) is 0 Å². The van der Waals surface area contributed by atoms with E-state index in [1.54, 1.807) is 6.92 Å². The molecule has 35 heavy (non-hydrogen) atoms. The van der Waals surface area contributed by atoms with Gasteiger partial charge in [0.2, 0.25) is 5.91 Å². The Morgan fingerprint density at radius 3 is 2.63 bits per heavy atom. The number of esters is 1. The van der Waals surface area contributed by atoms with Gasteiger partial charge in [0.1, 0.15) is 16.5 Å². The average Bonchev–Trinajstić information content (AvgIpc) is 3.57. The molecule has 0 radical (unpaired) electrons. The number of nitrogens with two attached hydrogens (primary N) is 1. The van der Waals surface area contributed by atoms with E-state index in [1.807, 2.05) is 35.7 Å². The van der Waals surface area contributed by atoms with Gasteiger partial charge in [-0.1, -0.05) is 30.3 Å². The van der Waals surface area contributed by atoms with Crippen molar-refractivity contribution in [2.75, 3.05) is 36.1 Å². The van der Waals surface area contributed by atoms with Crippen LogP contribution in [0.2, 0.25) is 0 Å². The Bertz CT molecular complexity index is 1360. The minimum absolute atomic E-state index is 0.00569. The van der Waals surface area contributed by atoms with E-state index in [0.717, 1.165) is 24.0 Å². The van der Waals surface area contributed by atoms with Crippen molar-refractivity contribution in [2.24, 2.45) is 0 Å². The molecule has 10 nitrogen and oxygen atoms in total. The maximum Gasteiger partial charge on any atom is 0.341 e. The maximum atomic E-state index is 12.9. The molecule has 184 valence electrons. The van der Waals surface area contributed by atoms with Crippen LogP contribution in [0.5, 0.6) is 0 Å². The van der Waals surface area contributed by atoms with Crippen LogP contribution < -0.4 is 27.2 Å². The molecule has 2 heterocycles. The van der Waals surface area contributed by atoms with Gasteiger partial charge in [0.15, 0.2) is 0 Å². The van der Waals surface area contributed by atoms with E-state index in [-0.39, 0.29) is 31.2 Å². The van der Waals surface area contributed by atoms with Gasteiger partial charge in [0.05, 0.1) is 25.3 Å². The largest absolute Gasteiger partial charge is 0.462 e. The van der Waals surface area contributed by atoms with E-state index in [2.05, 4.69) is 10.3 Å². The molecule has 2 aromatic heterocycles. The summed E-state index contributed by atoms with van der Waals surface area (Å²) < 4.78 is 6.44. The Hall–Kier alpha value is -3.86. The van der Waals surface area contributed by atoms with Crippen molar-refractivity contribution in [1.29, 1.82) is 0 Å². The summed E-state index contributed by atoms with van der Waals surface area (Å²) in [5.41, 5.74) is 7.01. The molecule has 1 amide bonds. The monoisotopic (exact) mass is 497 g/mol. The lowest BCUT2D eigenvalue weighted by Gasteiger charge is -2.21. The quantitative estimate of drug-likeness (QED) is 0.386. The number of aromatic nitrogens is 2. The minimum atomic E-state index is -0.688. The van der Waals surface area contributed by atoms with E-state index in [1.165, 1.54) is 27.9 Å². The van der Waals surface area contributed by atoms with Crippen molar-refractivity contribution in [3.8, 4) is 0 Å². The second-order valence-corrected chi connectivity index (χ2v) is 9.24. The van der Waals surface area contributed by atoms with Gasteiger partial charge >= 0.3 is 11.7 Å². The molecule has 0 aliphatic heterocycles. The number of nitrogen functional groups attached to an aromatic ring is 1. The third kappa shape index (κ3) is 5.29. The molecule has 0 saturated heterocycles. The van der Waals surface area contributed by atoms with Crippen LogP contribution in [-0.4, -0.2) is 41.6 Å². The fourth-order valence-electron chi connectivity index (χ4n) is 3.90. The van der Waals surface area contributed by atoms with Gasteiger partial charge in [0, 0.05) is 7.05 Å². The molecule has 4 rings (SSSR count). The number of hydrogen-bond acceptors (Lipinski definition) is 8. The van der Waals surface area contributed by atoms with Gasteiger partial charge < -0.3 is 20.7 Å². The lowest BCUT2D eigenvalue weighted by atomic mass is 10.1. The van der Waals surface area contributed by atoms with Gasteiger partial charge in [-0.25, -0.2) is 9.59 Å². The van der Waals surface area contributed by atoms with Crippen LogP contribution in [0.1, 0.15) is 47.2 Å². The Morgan fingerprint density at radius 1 is 1.26 bits per heavy atom. The Morgan fingerprint density at radius 2 is 1.97 bits per heavy atom. The normalized spacial score (nSPS) is 12.9. The molecule has 1 aromatic carbocycles. The molecule has 1 aliphatic carbocycles. The number of carbonyl (C=O) groups excluding carboxylic acids is 2. The fourth-order valence-corrected chi connectivity index (χ4v) is 4.95. The van der Waals surface area contributed by atoms with Gasteiger partial charge in [-0.05, 0) is 42.2 Å². The van der Waals surface area contributed by atoms with Gasteiger partial charge in [-0.15, -0.1) is 11.3 Å². The first kappa shape index (κ1) is 24.3. The zero-order chi connectivity index (χ0) is 25.1. The number of hydrogen-bond donors (Lipinski definition) is 3. The Kier molecular flexibility index (Phi) is 7.06. The SMILES string of the molecule is CCOC(=O)c1c(C2CC2)csc1NC(=O)CN(C)c1c(N)n(Cc2ccccc2)c(=O)[nH]c1=O. The van der Waals surface area contributed by atoms with Crippen LogP contribution in [-0.2, 0) is 16.1 Å². The summed E-state index contributed by atoms with van der Waals surface area (Å²) in [4.78, 5) is 54.0. The third-order valence-corrected chi connectivity index (χ3v) is 6.64.